The Morgan fingerprint density at radius 1 is 1.50 bits per heavy atom. The van der Waals surface area contributed by atoms with E-state index in [1.165, 1.54) is 13.3 Å². The molecule has 0 radical (unpaired) electrons. The molecule has 3 heterocycles. The Kier molecular flexibility index (Phi) is 3.14. The molecule has 8 nitrogen and oxygen atoms in total. The average Bonchev–Trinajstić information content (AvgIpc) is 2.92. The Labute approximate surface area is 118 Å². The van der Waals surface area contributed by atoms with Crippen molar-refractivity contribution in [2.75, 3.05) is 6.61 Å². The van der Waals surface area contributed by atoms with E-state index in [0.717, 1.165) is 0 Å². The van der Waals surface area contributed by atoms with Crippen LogP contribution in [-0.2, 0) is 4.74 Å². The number of H-pyrrole nitrogens is 1. The standard InChI is InChI=1S/C11H13ClN4O4/c1-11(19)6(18)4(2-17)20-7(11)10-15-5-8(12)13-3-14-9(5)16-10/h3-4,6-7,17-19H,2H2,1H3,(H,13,14,15,16)/t4-,6-,7?,11-/m1/s1. The fraction of sp³-hybridized carbons (Fsp3) is 0.545. The van der Waals surface area contributed by atoms with E-state index in [4.69, 9.17) is 21.4 Å². The number of nitrogens with one attached hydrogen (secondary N) is 1. The minimum Gasteiger partial charge on any atom is -0.394 e. The number of aromatic nitrogens is 4. The van der Waals surface area contributed by atoms with Gasteiger partial charge in [-0.05, 0) is 6.92 Å². The Balaban J connectivity index is 2.05. The highest BCUT2D eigenvalue weighted by molar-refractivity contribution is 6.33. The van der Waals surface area contributed by atoms with Gasteiger partial charge in [0.1, 0.15) is 41.6 Å². The second-order valence-electron chi connectivity index (χ2n) is 4.89. The summed E-state index contributed by atoms with van der Waals surface area (Å²) in [4.78, 5) is 14.8. The third-order valence-electron chi connectivity index (χ3n) is 3.48. The van der Waals surface area contributed by atoms with Crippen LogP contribution in [0.4, 0.5) is 0 Å². The number of rotatable bonds is 2. The molecule has 4 N–H and O–H groups in total. The molecule has 0 amide bonds. The van der Waals surface area contributed by atoms with Crippen molar-refractivity contribution in [1.82, 2.24) is 19.9 Å². The summed E-state index contributed by atoms with van der Waals surface area (Å²) >= 11 is 5.92. The first-order valence-electron chi connectivity index (χ1n) is 5.98. The Morgan fingerprint density at radius 2 is 2.25 bits per heavy atom. The highest BCUT2D eigenvalue weighted by atomic mass is 35.5. The molecule has 1 aliphatic rings. The summed E-state index contributed by atoms with van der Waals surface area (Å²) in [7, 11) is 0. The van der Waals surface area contributed by atoms with Crippen molar-refractivity contribution in [3.05, 3.63) is 17.3 Å². The van der Waals surface area contributed by atoms with Gasteiger partial charge in [0.15, 0.2) is 10.8 Å². The molecule has 1 fully saturated rings. The lowest BCUT2D eigenvalue weighted by Gasteiger charge is -2.25. The normalized spacial score (nSPS) is 34.0. The van der Waals surface area contributed by atoms with Crippen molar-refractivity contribution in [2.24, 2.45) is 0 Å². The fourth-order valence-electron chi connectivity index (χ4n) is 2.34. The first-order valence-corrected chi connectivity index (χ1v) is 6.35. The van der Waals surface area contributed by atoms with Crippen LogP contribution in [0.25, 0.3) is 11.2 Å². The third kappa shape index (κ3) is 1.88. The molecular formula is C11H13ClN4O4. The van der Waals surface area contributed by atoms with E-state index in [-0.39, 0.29) is 11.0 Å². The summed E-state index contributed by atoms with van der Waals surface area (Å²) in [6, 6.07) is 0. The minimum absolute atomic E-state index is 0.200. The van der Waals surface area contributed by atoms with Gasteiger partial charge in [0.05, 0.1) is 6.61 Å². The molecule has 2 aromatic heterocycles. The number of aliphatic hydroxyl groups is 3. The number of hydrogen-bond donors (Lipinski definition) is 4. The number of hydrogen-bond acceptors (Lipinski definition) is 7. The molecule has 20 heavy (non-hydrogen) atoms. The van der Waals surface area contributed by atoms with Crippen LogP contribution in [0.5, 0.6) is 0 Å². The van der Waals surface area contributed by atoms with E-state index >= 15 is 0 Å². The summed E-state index contributed by atoms with van der Waals surface area (Å²) in [6.07, 6.45) is -1.77. The van der Waals surface area contributed by atoms with Gasteiger partial charge < -0.3 is 25.0 Å². The van der Waals surface area contributed by atoms with Crippen molar-refractivity contribution in [3.8, 4) is 0 Å². The lowest BCUT2D eigenvalue weighted by atomic mass is 9.92. The van der Waals surface area contributed by atoms with Gasteiger partial charge in [0, 0.05) is 0 Å². The van der Waals surface area contributed by atoms with Crippen molar-refractivity contribution < 1.29 is 20.1 Å². The zero-order valence-electron chi connectivity index (χ0n) is 10.5. The molecule has 0 aromatic carbocycles. The molecule has 0 bridgehead atoms. The first kappa shape index (κ1) is 13.7. The molecule has 0 aliphatic carbocycles. The molecule has 0 saturated carbocycles. The number of halogens is 1. The van der Waals surface area contributed by atoms with Crippen LogP contribution in [0.2, 0.25) is 5.15 Å². The van der Waals surface area contributed by atoms with E-state index in [1.54, 1.807) is 0 Å². The molecule has 1 unspecified atom stereocenters. The predicted octanol–water partition coefficient (Wildman–Crippen LogP) is -0.450. The van der Waals surface area contributed by atoms with Crippen LogP contribution < -0.4 is 0 Å². The number of ether oxygens (including phenoxy) is 1. The molecule has 2 aromatic rings. The Morgan fingerprint density at radius 3 is 2.85 bits per heavy atom. The quantitative estimate of drug-likeness (QED) is 0.554. The van der Waals surface area contributed by atoms with Gasteiger partial charge in [-0.3, -0.25) is 0 Å². The monoisotopic (exact) mass is 300 g/mol. The van der Waals surface area contributed by atoms with Gasteiger partial charge in [-0.25, -0.2) is 15.0 Å². The second kappa shape index (κ2) is 4.61. The summed E-state index contributed by atoms with van der Waals surface area (Å²) in [5, 5.41) is 29.7. The summed E-state index contributed by atoms with van der Waals surface area (Å²) in [5.74, 6) is 0.266. The van der Waals surface area contributed by atoms with E-state index in [1.807, 2.05) is 0 Å². The van der Waals surface area contributed by atoms with Gasteiger partial charge >= 0.3 is 0 Å². The van der Waals surface area contributed by atoms with Gasteiger partial charge in [-0.1, -0.05) is 11.6 Å². The topological polar surface area (TPSA) is 124 Å². The van der Waals surface area contributed by atoms with E-state index < -0.39 is 30.5 Å². The second-order valence-corrected chi connectivity index (χ2v) is 5.25. The molecular weight excluding hydrogens is 288 g/mol. The Bertz CT molecular complexity index is 646. The minimum atomic E-state index is -1.60. The summed E-state index contributed by atoms with van der Waals surface area (Å²) < 4.78 is 5.46. The molecule has 0 spiro atoms. The van der Waals surface area contributed by atoms with Crippen LogP contribution >= 0.6 is 11.6 Å². The van der Waals surface area contributed by atoms with Gasteiger partial charge in [0.25, 0.3) is 0 Å². The van der Waals surface area contributed by atoms with Crippen LogP contribution in [-0.4, -0.2) is 59.7 Å². The fourth-order valence-corrected chi connectivity index (χ4v) is 2.52. The van der Waals surface area contributed by atoms with E-state index in [9.17, 15) is 10.2 Å². The highest BCUT2D eigenvalue weighted by Crippen LogP contribution is 2.40. The van der Waals surface area contributed by atoms with Gasteiger partial charge in [0.2, 0.25) is 0 Å². The number of aromatic amines is 1. The number of nitrogens with zero attached hydrogens (tertiary/aromatic N) is 3. The zero-order valence-corrected chi connectivity index (χ0v) is 11.2. The van der Waals surface area contributed by atoms with Gasteiger partial charge in [-0.15, -0.1) is 0 Å². The SMILES string of the molecule is C[C@]1(O)C(c2nc3ncnc(Cl)c3[nH]2)O[C@H](CO)[C@H]1O. The number of aliphatic hydroxyl groups excluding tert-OH is 2. The molecule has 1 saturated heterocycles. The predicted molar refractivity (Wildman–Crippen MR) is 68.0 cm³/mol. The first-order chi connectivity index (χ1) is 9.45. The summed E-state index contributed by atoms with van der Waals surface area (Å²) in [5.41, 5.74) is -0.840. The number of fused-ring (bicyclic) bond motifs is 1. The smallest absolute Gasteiger partial charge is 0.182 e. The van der Waals surface area contributed by atoms with Crippen LogP contribution in [0.15, 0.2) is 6.33 Å². The zero-order chi connectivity index (χ0) is 14.5. The van der Waals surface area contributed by atoms with Crippen molar-refractivity contribution in [3.63, 3.8) is 0 Å². The van der Waals surface area contributed by atoms with Crippen molar-refractivity contribution in [1.29, 1.82) is 0 Å². The van der Waals surface area contributed by atoms with Gasteiger partial charge in [-0.2, -0.15) is 0 Å². The van der Waals surface area contributed by atoms with E-state index in [2.05, 4.69) is 19.9 Å². The Hall–Kier alpha value is -1.32. The molecule has 4 atom stereocenters. The van der Waals surface area contributed by atoms with Crippen molar-refractivity contribution in [2.45, 2.75) is 30.8 Å². The number of imidazole rings is 1. The molecule has 108 valence electrons. The molecule has 9 heteroatoms. The average molecular weight is 301 g/mol. The maximum absolute atomic E-state index is 10.4. The van der Waals surface area contributed by atoms with E-state index in [0.29, 0.717) is 11.2 Å². The largest absolute Gasteiger partial charge is 0.394 e. The summed E-state index contributed by atoms with van der Waals surface area (Å²) in [6.45, 7) is 1.01. The van der Waals surface area contributed by atoms with Crippen LogP contribution in [0.3, 0.4) is 0 Å². The lowest BCUT2D eigenvalue weighted by molar-refractivity contribution is -0.0671. The van der Waals surface area contributed by atoms with Crippen LogP contribution in [0.1, 0.15) is 18.9 Å². The maximum atomic E-state index is 10.4. The lowest BCUT2D eigenvalue weighted by Crippen LogP contribution is -2.43. The highest BCUT2D eigenvalue weighted by Gasteiger charge is 2.53. The van der Waals surface area contributed by atoms with Crippen LogP contribution in [0, 0.1) is 0 Å². The maximum Gasteiger partial charge on any atom is 0.182 e. The molecule has 3 rings (SSSR count). The third-order valence-corrected chi connectivity index (χ3v) is 3.77. The molecule has 1 aliphatic heterocycles. The van der Waals surface area contributed by atoms with Crippen molar-refractivity contribution >= 4 is 22.8 Å².